The molecular weight excluding hydrogens is 280 g/mol. The second-order valence-electron chi connectivity index (χ2n) is 5.23. The predicted molar refractivity (Wildman–Crippen MR) is 84.0 cm³/mol. The maximum absolute atomic E-state index is 11.3. The molecule has 0 aliphatic carbocycles. The number of hydrogen-bond donors (Lipinski definition) is 2. The molecule has 116 valence electrons. The monoisotopic (exact) mass is 300 g/mol. The van der Waals surface area contributed by atoms with Crippen molar-refractivity contribution in [2.24, 2.45) is 0 Å². The van der Waals surface area contributed by atoms with E-state index in [4.69, 9.17) is 4.74 Å². The molecule has 2 N–H and O–H groups in total. The van der Waals surface area contributed by atoms with E-state index in [-0.39, 0.29) is 5.91 Å². The number of hydrogen-bond acceptors (Lipinski definition) is 4. The van der Waals surface area contributed by atoms with Gasteiger partial charge in [-0.15, -0.1) is 0 Å². The number of anilines is 1. The molecule has 0 fully saturated rings. The number of rotatable bonds is 7. The average Bonchev–Trinajstić information content (AvgIpc) is 3.04. The molecule has 1 aromatic carbocycles. The van der Waals surface area contributed by atoms with E-state index in [0.29, 0.717) is 13.0 Å². The molecule has 0 saturated heterocycles. The van der Waals surface area contributed by atoms with E-state index in [2.05, 4.69) is 15.7 Å². The molecule has 0 saturated carbocycles. The van der Waals surface area contributed by atoms with E-state index in [1.807, 2.05) is 35.1 Å². The number of nitrogens with zero attached hydrogens (tertiary/aromatic N) is 2. The van der Waals surface area contributed by atoms with Crippen LogP contribution in [0.25, 0.3) is 0 Å². The van der Waals surface area contributed by atoms with Crippen LogP contribution in [0.2, 0.25) is 0 Å². The number of fused-ring (bicyclic) bond motifs is 1. The van der Waals surface area contributed by atoms with Crippen molar-refractivity contribution in [3.8, 4) is 5.75 Å². The zero-order valence-electron chi connectivity index (χ0n) is 12.4. The fourth-order valence-corrected chi connectivity index (χ4v) is 2.44. The third-order valence-corrected chi connectivity index (χ3v) is 3.60. The molecule has 1 aliphatic heterocycles. The largest absolute Gasteiger partial charge is 0.492 e. The maximum atomic E-state index is 11.3. The summed E-state index contributed by atoms with van der Waals surface area (Å²) in [5.41, 5.74) is 2.05. The summed E-state index contributed by atoms with van der Waals surface area (Å²) in [5.74, 6) is 0.936. The fourth-order valence-electron chi connectivity index (χ4n) is 2.44. The Morgan fingerprint density at radius 1 is 1.32 bits per heavy atom. The minimum Gasteiger partial charge on any atom is -0.492 e. The molecule has 3 rings (SSSR count). The molecule has 0 unspecified atom stereocenters. The van der Waals surface area contributed by atoms with Crippen LogP contribution in [0.15, 0.2) is 36.7 Å². The van der Waals surface area contributed by atoms with Crippen LogP contribution in [-0.2, 0) is 17.8 Å². The van der Waals surface area contributed by atoms with Crippen molar-refractivity contribution < 1.29 is 9.53 Å². The van der Waals surface area contributed by atoms with Crippen molar-refractivity contribution in [2.75, 3.05) is 25.0 Å². The van der Waals surface area contributed by atoms with Crippen molar-refractivity contribution in [1.29, 1.82) is 0 Å². The van der Waals surface area contributed by atoms with Crippen LogP contribution in [0.1, 0.15) is 12.0 Å². The highest BCUT2D eigenvalue weighted by Gasteiger charge is 2.14. The van der Waals surface area contributed by atoms with Crippen molar-refractivity contribution in [1.82, 2.24) is 15.1 Å². The standard InChI is InChI=1S/C16H20N4O2/c21-16-5-2-13-12-14(3-4-15(13)19-16)22-11-8-17-7-10-20-9-1-6-18-20/h1,3-4,6,9,12,17H,2,5,7-8,10-11H2,(H,19,21). The number of carbonyl (C=O) groups excluding carboxylic acids is 1. The molecule has 2 aromatic rings. The van der Waals surface area contributed by atoms with Crippen molar-refractivity contribution in [3.05, 3.63) is 42.2 Å². The van der Waals surface area contributed by atoms with Crippen LogP contribution in [0.4, 0.5) is 5.69 Å². The molecule has 1 aromatic heterocycles. The number of nitrogens with one attached hydrogen (secondary N) is 2. The second-order valence-corrected chi connectivity index (χ2v) is 5.23. The van der Waals surface area contributed by atoms with E-state index in [9.17, 15) is 4.79 Å². The minimum atomic E-state index is 0.0857. The number of aryl methyl sites for hydroxylation is 1. The summed E-state index contributed by atoms with van der Waals surface area (Å²) < 4.78 is 7.63. The Bertz CT molecular complexity index is 625. The van der Waals surface area contributed by atoms with E-state index in [0.717, 1.165) is 43.1 Å². The van der Waals surface area contributed by atoms with E-state index in [1.165, 1.54) is 0 Å². The Kier molecular flexibility index (Phi) is 4.70. The van der Waals surface area contributed by atoms with Gasteiger partial charge in [-0.25, -0.2) is 0 Å². The topological polar surface area (TPSA) is 68.2 Å². The van der Waals surface area contributed by atoms with Gasteiger partial charge in [-0.3, -0.25) is 9.48 Å². The molecule has 6 nitrogen and oxygen atoms in total. The summed E-state index contributed by atoms with van der Waals surface area (Å²) in [5, 5.41) is 10.3. The summed E-state index contributed by atoms with van der Waals surface area (Å²) in [4.78, 5) is 11.3. The third kappa shape index (κ3) is 3.85. The van der Waals surface area contributed by atoms with Gasteiger partial charge in [-0.2, -0.15) is 5.10 Å². The zero-order valence-corrected chi connectivity index (χ0v) is 12.4. The lowest BCUT2D eigenvalue weighted by Gasteiger charge is -2.17. The highest BCUT2D eigenvalue weighted by Crippen LogP contribution is 2.26. The lowest BCUT2D eigenvalue weighted by molar-refractivity contribution is -0.116. The summed E-state index contributed by atoms with van der Waals surface area (Å²) >= 11 is 0. The van der Waals surface area contributed by atoms with E-state index < -0.39 is 0 Å². The molecule has 0 spiro atoms. The number of benzene rings is 1. The Labute approximate surface area is 129 Å². The molecule has 0 bridgehead atoms. The van der Waals surface area contributed by atoms with Gasteiger partial charge in [0, 0.05) is 37.6 Å². The van der Waals surface area contributed by atoms with Crippen LogP contribution >= 0.6 is 0 Å². The first-order chi connectivity index (χ1) is 10.8. The molecule has 22 heavy (non-hydrogen) atoms. The molecule has 0 atom stereocenters. The quantitative estimate of drug-likeness (QED) is 0.759. The normalized spacial score (nSPS) is 13.5. The summed E-state index contributed by atoms with van der Waals surface area (Å²) in [7, 11) is 0. The molecule has 1 aliphatic rings. The van der Waals surface area contributed by atoms with Gasteiger partial charge in [0.15, 0.2) is 0 Å². The average molecular weight is 300 g/mol. The van der Waals surface area contributed by atoms with Crippen LogP contribution < -0.4 is 15.4 Å². The first kappa shape index (κ1) is 14.6. The molecule has 1 amide bonds. The van der Waals surface area contributed by atoms with Crippen LogP contribution in [0.5, 0.6) is 5.75 Å². The Morgan fingerprint density at radius 3 is 3.14 bits per heavy atom. The van der Waals surface area contributed by atoms with E-state index >= 15 is 0 Å². The van der Waals surface area contributed by atoms with Gasteiger partial charge in [0.1, 0.15) is 12.4 Å². The SMILES string of the molecule is O=C1CCc2cc(OCCNCCn3cccn3)ccc2N1. The Hall–Kier alpha value is -2.34. The summed E-state index contributed by atoms with van der Waals surface area (Å²) in [6, 6.07) is 7.74. The third-order valence-electron chi connectivity index (χ3n) is 3.60. The van der Waals surface area contributed by atoms with Crippen molar-refractivity contribution in [3.63, 3.8) is 0 Å². The number of amides is 1. The number of carbonyl (C=O) groups is 1. The highest BCUT2D eigenvalue weighted by molar-refractivity contribution is 5.93. The van der Waals surface area contributed by atoms with Crippen molar-refractivity contribution >= 4 is 11.6 Å². The zero-order chi connectivity index (χ0) is 15.2. The maximum Gasteiger partial charge on any atom is 0.224 e. The summed E-state index contributed by atoms with van der Waals surface area (Å²) in [6.45, 7) is 3.12. The van der Waals surface area contributed by atoms with Crippen LogP contribution in [0, 0.1) is 0 Å². The van der Waals surface area contributed by atoms with Gasteiger partial charge >= 0.3 is 0 Å². The molecule has 2 heterocycles. The van der Waals surface area contributed by atoms with Gasteiger partial charge in [0.2, 0.25) is 5.91 Å². The van der Waals surface area contributed by atoms with Gasteiger partial charge < -0.3 is 15.4 Å². The van der Waals surface area contributed by atoms with Gasteiger partial charge in [0.25, 0.3) is 0 Å². The lowest BCUT2D eigenvalue weighted by atomic mass is 10.0. The van der Waals surface area contributed by atoms with Crippen molar-refractivity contribution in [2.45, 2.75) is 19.4 Å². The molecule has 0 radical (unpaired) electrons. The number of ether oxygens (including phenoxy) is 1. The van der Waals surface area contributed by atoms with E-state index in [1.54, 1.807) is 6.20 Å². The second kappa shape index (κ2) is 7.09. The Balaban J connectivity index is 1.38. The minimum absolute atomic E-state index is 0.0857. The van der Waals surface area contributed by atoms with Crippen LogP contribution in [-0.4, -0.2) is 35.4 Å². The Morgan fingerprint density at radius 2 is 2.27 bits per heavy atom. The van der Waals surface area contributed by atoms with Gasteiger partial charge in [-0.1, -0.05) is 0 Å². The van der Waals surface area contributed by atoms with Gasteiger partial charge in [-0.05, 0) is 36.2 Å². The highest BCUT2D eigenvalue weighted by atomic mass is 16.5. The fraction of sp³-hybridized carbons (Fsp3) is 0.375. The summed E-state index contributed by atoms with van der Waals surface area (Å²) in [6.07, 6.45) is 5.05. The molecular formula is C16H20N4O2. The lowest BCUT2D eigenvalue weighted by Crippen LogP contribution is -2.25. The van der Waals surface area contributed by atoms with Gasteiger partial charge in [0.05, 0.1) is 6.54 Å². The first-order valence-electron chi connectivity index (χ1n) is 7.55. The molecule has 6 heteroatoms. The first-order valence-corrected chi connectivity index (χ1v) is 7.55. The predicted octanol–water partition coefficient (Wildman–Crippen LogP) is 1.44. The van der Waals surface area contributed by atoms with Crippen LogP contribution in [0.3, 0.4) is 0 Å². The smallest absolute Gasteiger partial charge is 0.224 e. The number of aromatic nitrogens is 2.